The average molecular weight is 455 g/mol. The summed E-state index contributed by atoms with van der Waals surface area (Å²) in [4.78, 5) is 8.41. The third-order valence-electron chi connectivity index (χ3n) is 6.36. The van der Waals surface area contributed by atoms with E-state index in [2.05, 4.69) is 43.8 Å². The van der Waals surface area contributed by atoms with Gasteiger partial charge in [0.25, 0.3) is 0 Å². The molecule has 0 aromatic carbocycles. The molecule has 0 bridgehead atoms. The molecule has 10 heteroatoms. The normalized spacial score (nSPS) is 28.9. The second-order valence-corrected chi connectivity index (χ2v) is 15.2. The molecular formula is C20H31ClN4O4Si. The summed E-state index contributed by atoms with van der Waals surface area (Å²) in [5, 5.41) is 1.14. The maximum absolute atomic E-state index is 6.45. The molecule has 0 amide bonds. The second-order valence-electron chi connectivity index (χ2n) is 10.0. The van der Waals surface area contributed by atoms with Crippen molar-refractivity contribution in [3.05, 3.63) is 17.4 Å². The third-order valence-corrected chi connectivity index (χ3v) is 11.1. The van der Waals surface area contributed by atoms with Gasteiger partial charge in [-0.1, -0.05) is 32.4 Å². The van der Waals surface area contributed by atoms with Crippen molar-refractivity contribution in [2.24, 2.45) is 0 Å². The van der Waals surface area contributed by atoms with Gasteiger partial charge in [-0.15, -0.1) is 0 Å². The number of ether oxygens (including phenoxy) is 3. The van der Waals surface area contributed by atoms with Crippen LogP contribution >= 0.6 is 11.6 Å². The Morgan fingerprint density at radius 2 is 1.90 bits per heavy atom. The molecule has 0 saturated carbocycles. The number of nitrogens with two attached hydrogens (primary N) is 1. The molecular weight excluding hydrogens is 424 g/mol. The van der Waals surface area contributed by atoms with Crippen LogP contribution < -0.4 is 5.73 Å². The van der Waals surface area contributed by atoms with Gasteiger partial charge in [0.05, 0.1) is 12.0 Å². The number of hydrogen-bond acceptors (Lipinski definition) is 7. The Labute approximate surface area is 183 Å². The van der Waals surface area contributed by atoms with Crippen molar-refractivity contribution in [2.45, 2.75) is 83.1 Å². The fourth-order valence-corrected chi connectivity index (χ4v) is 4.99. The van der Waals surface area contributed by atoms with Crippen LogP contribution in [0.2, 0.25) is 23.3 Å². The highest BCUT2D eigenvalue weighted by Gasteiger charge is 2.56. The van der Waals surface area contributed by atoms with Crippen molar-refractivity contribution in [2.75, 3.05) is 12.3 Å². The Bertz CT molecular complexity index is 958. The lowest BCUT2D eigenvalue weighted by Gasteiger charge is -2.37. The van der Waals surface area contributed by atoms with Gasteiger partial charge >= 0.3 is 0 Å². The number of aromatic nitrogens is 3. The molecule has 0 aliphatic carbocycles. The minimum Gasteiger partial charge on any atom is -0.414 e. The number of halogens is 1. The average Bonchev–Trinajstić information content (AvgIpc) is 3.23. The second kappa shape index (κ2) is 7.14. The van der Waals surface area contributed by atoms with Gasteiger partial charge in [0, 0.05) is 6.20 Å². The zero-order chi connectivity index (χ0) is 22.1. The van der Waals surface area contributed by atoms with Crippen LogP contribution in [0.1, 0.15) is 40.8 Å². The summed E-state index contributed by atoms with van der Waals surface area (Å²) in [5.74, 6) is -0.593. The molecule has 166 valence electrons. The summed E-state index contributed by atoms with van der Waals surface area (Å²) in [6.07, 6.45) is 0.620. The van der Waals surface area contributed by atoms with Crippen LogP contribution in [0.4, 0.5) is 5.95 Å². The molecule has 2 aromatic heterocycles. The fraction of sp³-hybridized carbons (Fsp3) is 0.700. The lowest BCUT2D eigenvalue weighted by Crippen LogP contribution is -2.44. The van der Waals surface area contributed by atoms with E-state index in [4.69, 9.17) is 36.0 Å². The summed E-state index contributed by atoms with van der Waals surface area (Å²) >= 11 is 6.25. The fourth-order valence-electron chi connectivity index (χ4n) is 3.74. The van der Waals surface area contributed by atoms with E-state index < -0.39 is 20.3 Å². The number of rotatable bonds is 4. The van der Waals surface area contributed by atoms with Crippen LogP contribution in [-0.4, -0.2) is 53.6 Å². The van der Waals surface area contributed by atoms with Gasteiger partial charge in [0.2, 0.25) is 5.95 Å². The highest BCUT2D eigenvalue weighted by Crippen LogP contribution is 2.45. The number of anilines is 1. The highest BCUT2D eigenvalue weighted by molar-refractivity contribution is 6.74. The van der Waals surface area contributed by atoms with Gasteiger partial charge < -0.3 is 28.9 Å². The van der Waals surface area contributed by atoms with Gasteiger partial charge in [0.15, 0.2) is 20.3 Å². The van der Waals surface area contributed by atoms with Gasteiger partial charge in [-0.05, 0) is 38.0 Å². The first-order chi connectivity index (χ1) is 13.8. The standard InChI is InChI=1S/C20H31ClN4O4Si/c1-19(2,3)30(6,7)26-10-12-13-14(29-20(4,5)28-13)17(27-12)25-9-8-11-15(21)23-18(22)24-16(11)25/h8-9,12-14,17H,10H2,1-7H3,(H2,22,23,24)/t12-,13-,14-,17?/m1/s1. The van der Waals surface area contributed by atoms with Crippen molar-refractivity contribution in [3.8, 4) is 0 Å². The number of fused-ring (bicyclic) bond motifs is 2. The van der Waals surface area contributed by atoms with Crippen LogP contribution in [0.25, 0.3) is 11.0 Å². The summed E-state index contributed by atoms with van der Waals surface area (Å²) < 4.78 is 27.2. The molecule has 2 N–H and O–H groups in total. The van der Waals surface area contributed by atoms with Crippen molar-refractivity contribution in [1.82, 2.24) is 14.5 Å². The Morgan fingerprint density at radius 3 is 2.57 bits per heavy atom. The molecule has 8 nitrogen and oxygen atoms in total. The summed E-state index contributed by atoms with van der Waals surface area (Å²) in [5.41, 5.74) is 6.44. The first-order valence-corrected chi connectivity index (χ1v) is 13.5. The summed E-state index contributed by atoms with van der Waals surface area (Å²) in [7, 11) is -1.94. The summed E-state index contributed by atoms with van der Waals surface area (Å²) in [6.45, 7) is 15.4. The zero-order valence-corrected chi connectivity index (χ0v) is 20.4. The Kier molecular flexibility index (Phi) is 5.23. The lowest BCUT2D eigenvalue weighted by molar-refractivity contribution is -0.199. The van der Waals surface area contributed by atoms with Crippen molar-refractivity contribution in [3.63, 3.8) is 0 Å². The molecule has 0 spiro atoms. The van der Waals surface area contributed by atoms with E-state index in [1.807, 2.05) is 30.7 Å². The van der Waals surface area contributed by atoms with E-state index in [1.54, 1.807) is 0 Å². The van der Waals surface area contributed by atoms with E-state index in [-0.39, 0.29) is 29.3 Å². The van der Waals surface area contributed by atoms with E-state index in [9.17, 15) is 0 Å². The quantitative estimate of drug-likeness (QED) is 0.548. The predicted molar refractivity (Wildman–Crippen MR) is 118 cm³/mol. The smallest absolute Gasteiger partial charge is 0.223 e. The topological polar surface area (TPSA) is 93.7 Å². The minimum absolute atomic E-state index is 0.110. The molecule has 4 atom stereocenters. The molecule has 2 fully saturated rings. The molecule has 4 heterocycles. The maximum Gasteiger partial charge on any atom is 0.223 e. The Morgan fingerprint density at radius 1 is 1.23 bits per heavy atom. The lowest BCUT2D eigenvalue weighted by atomic mass is 10.1. The van der Waals surface area contributed by atoms with Crippen LogP contribution in [0.15, 0.2) is 12.3 Å². The van der Waals surface area contributed by atoms with E-state index >= 15 is 0 Å². The van der Waals surface area contributed by atoms with E-state index in [1.165, 1.54) is 0 Å². The van der Waals surface area contributed by atoms with Gasteiger partial charge in [-0.3, -0.25) is 0 Å². The highest BCUT2D eigenvalue weighted by atomic mass is 35.5. The third kappa shape index (κ3) is 3.76. The molecule has 30 heavy (non-hydrogen) atoms. The van der Waals surface area contributed by atoms with Crippen molar-refractivity contribution >= 4 is 36.9 Å². The van der Waals surface area contributed by atoms with Crippen LogP contribution in [0, 0.1) is 0 Å². The number of nitrogen functional groups attached to an aromatic ring is 1. The zero-order valence-electron chi connectivity index (χ0n) is 18.6. The first-order valence-electron chi connectivity index (χ1n) is 10.2. The van der Waals surface area contributed by atoms with E-state index in [0.29, 0.717) is 22.8 Å². The molecule has 0 radical (unpaired) electrons. The van der Waals surface area contributed by atoms with Crippen LogP contribution in [0.3, 0.4) is 0 Å². The molecule has 2 aliphatic heterocycles. The Hall–Kier alpha value is -1.23. The number of nitrogens with zero attached hydrogens (tertiary/aromatic N) is 3. The number of hydrogen-bond donors (Lipinski definition) is 1. The first kappa shape index (κ1) is 22.0. The van der Waals surface area contributed by atoms with Gasteiger partial charge in [-0.25, -0.2) is 4.98 Å². The SMILES string of the molecule is CC1(C)O[C@@H]2[C@@H](CO[Si](C)(C)C(C)(C)C)OC(n3ccc4c(Cl)nc(N)nc43)[C@@H]2O1. The van der Waals surface area contributed by atoms with Crippen LogP contribution in [-0.2, 0) is 18.6 Å². The molecule has 2 aliphatic rings. The van der Waals surface area contributed by atoms with E-state index in [0.717, 1.165) is 0 Å². The molecule has 2 aromatic rings. The minimum atomic E-state index is -1.94. The monoisotopic (exact) mass is 454 g/mol. The summed E-state index contributed by atoms with van der Waals surface area (Å²) in [6, 6.07) is 1.86. The Balaban J connectivity index is 1.64. The molecule has 4 rings (SSSR count). The largest absolute Gasteiger partial charge is 0.414 e. The van der Waals surface area contributed by atoms with Crippen molar-refractivity contribution in [1.29, 1.82) is 0 Å². The molecule has 1 unspecified atom stereocenters. The maximum atomic E-state index is 6.45. The van der Waals surface area contributed by atoms with Crippen molar-refractivity contribution < 1.29 is 18.6 Å². The predicted octanol–water partition coefficient (Wildman–Crippen LogP) is 4.11. The van der Waals surface area contributed by atoms with Gasteiger partial charge in [-0.2, -0.15) is 4.98 Å². The molecule has 2 saturated heterocycles. The van der Waals surface area contributed by atoms with Gasteiger partial charge in [0.1, 0.15) is 29.1 Å². The van der Waals surface area contributed by atoms with Crippen LogP contribution in [0.5, 0.6) is 0 Å².